The zero-order valence-electron chi connectivity index (χ0n) is 12.1. The summed E-state index contributed by atoms with van der Waals surface area (Å²) in [6.07, 6.45) is 3.43. The van der Waals surface area contributed by atoms with Crippen LogP contribution in [0.15, 0.2) is 30.3 Å². The van der Waals surface area contributed by atoms with Crippen molar-refractivity contribution in [3.8, 4) is 0 Å². The van der Waals surface area contributed by atoms with Gasteiger partial charge in [-0.2, -0.15) is 0 Å². The van der Waals surface area contributed by atoms with Crippen LogP contribution >= 0.6 is 0 Å². The Morgan fingerprint density at radius 2 is 2.00 bits per heavy atom. The number of carbonyl (C=O) groups is 1. The van der Waals surface area contributed by atoms with Crippen molar-refractivity contribution in [2.24, 2.45) is 0 Å². The van der Waals surface area contributed by atoms with E-state index in [-0.39, 0.29) is 24.2 Å². The molecule has 2 rings (SSSR count). The van der Waals surface area contributed by atoms with Crippen molar-refractivity contribution >= 4 is 5.91 Å². The van der Waals surface area contributed by atoms with Crippen molar-refractivity contribution in [3.63, 3.8) is 0 Å². The second-order valence-electron chi connectivity index (χ2n) is 5.44. The molecule has 0 aromatic heterocycles. The molecule has 1 saturated heterocycles. The number of carbonyl (C=O) groups excluding carboxylic acids is 1. The van der Waals surface area contributed by atoms with E-state index in [2.05, 4.69) is 31.3 Å². The van der Waals surface area contributed by atoms with Gasteiger partial charge in [0.15, 0.2) is 0 Å². The van der Waals surface area contributed by atoms with Gasteiger partial charge in [0.2, 0.25) is 5.91 Å². The molecule has 0 bridgehead atoms. The van der Waals surface area contributed by atoms with Crippen molar-refractivity contribution in [3.05, 3.63) is 35.9 Å². The summed E-state index contributed by atoms with van der Waals surface area (Å²) in [6, 6.07) is 10.4. The first-order valence-corrected chi connectivity index (χ1v) is 7.28. The number of unbranched alkanes of at least 4 members (excludes halogenated alkanes) is 1. The van der Waals surface area contributed by atoms with Crippen LogP contribution in [0, 0.1) is 0 Å². The topological polar surface area (TPSA) is 32.3 Å². The summed E-state index contributed by atoms with van der Waals surface area (Å²) in [5, 5.41) is 3.40. The van der Waals surface area contributed by atoms with Crippen LogP contribution < -0.4 is 5.32 Å². The Labute approximate surface area is 116 Å². The quantitative estimate of drug-likeness (QED) is 0.882. The van der Waals surface area contributed by atoms with E-state index >= 15 is 0 Å². The van der Waals surface area contributed by atoms with Gasteiger partial charge in [-0.15, -0.1) is 0 Å². The maximum Gasteiger partial charge on any atom is 0.241 e. The van der Waals surface area contributed by atoms with E-state index < -0.39 is 0 Å². The van der Waals surface area contributed by atoms with Crippen molar-refractivity contribution in [1.82, 2.24) is 10.2 Å². The Morgan fingerprint density at radius 3 is 2.63 bits per heavy atom. The van der Waals surface area contributed by atoms with Gasteiger partial charge in [0.05, 0.1) is 6.04 Å². The molecule has 0 saturated carbocycles. The van der Waals surface area contributed by atoms with E-state index in [1.807, 2.05) is 30.0 Å². The second-order valence-corrected chi connectivity index (χ2v) is 5.44. The predicted octanol–water partition coefficient (Wildman–Crippen LogP) is 3.08. The first kappa shape index (κ1) is 14.1. The molecule has 3 heteroatoms. The van der Waals surface area contributed by atoms with Crippen LogP contribution in [0.1, 0.15) is 51.8 Å². The molecule has 1 N–H and O–H groups in total. The van der Waals surface area contributed by atoms with Crippen LogP contribution in [-0.4, -0.2) is 22.9 Å². The fraction of sp³-hybridized carbons (Fsp3) is 0.562. The molecule has 1 aliphatic rings. The zero-order chi connectivity index (χ0) is 13.8. The molecule has 1 fully saturated rings. The van der Waals surface area contributed by atoms with Crippen LogP contribution in [0.25, 0.3) is 0 Å². The fourth-order valence-corrected chi connectivity index (χ4v) is 2.74. The molecule has 1 aromatic rings. The fourth-order valence-electron chi connectivity index (χ4n) is 2.74. The number of nitrogens with zero attached hydrogens (tertiary/aromatic N) is 1. The Kier molecular flexibility index (Phi) is 4.59. The maximum atomic E-state index is 12.4. The Balaban J connectivity index is 2.19. The van der Waals surface area contributed by atoms with Crippen LogP contribution in [0.2, 0.25) is 0 Å². The molecule has 3 unspecified atom stereocenters. The molecule has 0 radical (unpaired) electrons. The lowest BCUT2D eigenvalue weighted by Gasteiger charge is -2.30. The van der Waals surface area contributed by atoms with Gasteiger partial charge in [0, 0.05) is 6.04 Å². The van der Waals surface area contributed by atoms with Crippen molar-refractivity contribution < 1.29 is 4.79 Å². The van der Waals surface area contributed by atoms with Crippen LogP contribution in [0.4, 0.5) is 0 Å². The Morgan fingerprint density at radius 1 is 1.32 bits per heavy atom. The molecule has 1 aromatic carbocycles. The molecule has 0 aliphatic carbocycles. The number of rotatable bonds is 5. The highest BCUT2D eigenvalue weighted by molar-refractivity contribution is 5.84. The number of hydrogen-bond acceptors (Lipinski definition) is 2. The molecule has 0 spiro atoms. The first-order chi connectivity index (χ1) is 9.15. The van der Waals surface area contributed by atoms with Gasteiger partial charge in [-0.3, -0.25) is 10.1 Å². The predicted molar refractivity (Wildman–Crippen MR) is 77.6 cm³/mol. The summed E-state index contributed by atoms with van der Waals surface area (Å²) >= 11 is 0. The molecule has 104 valence electrons. The summed E-state index contributed by atoms with van der Waals surface area (Å²) < 4.78 is 0. The summed E-state index contributed by atoms with van der Waals surface area (Å²) in [7, 11) is 0. The Bertz CT molecular complexity index is 418. The van der Waals surface area contributed by atoms with Crippen molar-refractivity contribution in [2.75, 3.05) is 0 Å². The van der Waals surface area contributed by atoms with Crippen LogP contribution in [0.5, 0.6) is 0 Å². The first-order valence-electron chi connectivity index (χ1n) is 7.28. The van der Waals surface area contributed by atoms with Gasteiger partial charge in [0.1, 0.15) is 6.17 Å². The SMILES string of the molecule is CCCCC(C)N1C(=O)C(C)NC1c1ccccc1. The monoisotopic (exact) mass is 260 g/mol. The smallest absolute Gasteiger partial charge is 0.241 e. The zero-order valence-corrected chi connectivity index (χ0v) is 12.1. The van der Waals surface area contributed by atoms with Gasteiger partial charge < -0.3 is 4.90 Å². The highest BCUT2D eigenvalue weighted by atomic mass is 16.2. The lowest BCUT2D eigenvalue weighted by Crippen LogP contribution is -2.38. The average Bonchev–Trinajstić information content (AvgIpc) is 2.73. The number of hydrogen-bond donors (Lipinski definition) is 1. The molecule has 1 aliphatic heterocycles. The highest BCUT2D eigenvalue weighted by Gasteiger charge is 2.39. The third-order valence-corrected chi connectivity index (χ3v) is 3.88. The molecule has 3 atom stereocenters. The third kappa shape index (κ3) is 2.98. The van der Waals surface area contributed by atoms with E-state index in [1.165, 1.54) is 18.4 Å². The summed E-state index contributed by atoms with van der Waals surface area (Å²) in [5.41, 5.74) is 1.17. The van der Waals surface area contributed by atoms with Gasteiger partial charge >= 0.3 is 0 Å². The van der Waals surface area contributed by atoms with E-state index in [9.17, 15) is 4.79 Å². The van der Waals surface area contributed by atoms with Gasteiger partial charge in [-0.25, -0.2) is 0 Å². The van der Waals surface area contributed by atoms with E-state index in [4.69, 9.17) is 0 Å². The van der Waals surface area contributed by atoms with Gasteiger partial charge in [-0.1, -0.05) is 50.1 Å². The minimum Gasteiger partial charge on any atom is -0.319 e. The standard InChI is InChI=1S/C16H24N2O/c1-4-5-9-12(2)18-15(17-13(3)16(18)19)14-10-7-6-8-11-14/h6-8,10-13,15,17H,4-5,9H2,1-3H3. The molecular weight excluding hydrogens is 236 g/mol. The number of nitrogens with one attached hydrogen (secondary N) is 1. The summed E-state index contributed by atoms with van der Waals surface area (Å²) in [6.45, 7) is 6.29. The average molecular weight is 260 g/mol. The molecule has 1 amide bonds. The van der Waals surface area contributed by atoms with Crippen molar-refractivity contribution in [1.29, 1.82) is 0 Å². The van der Waals surface area contributed by atoms with Crippen molar-refractivity contribution in [2.45, 2.75) is 58.3 Å². The Hall–Kier alpha value is -1.35. The van der Waals surface area contributed by atoms with Crippen LogP contribution in [0.3, 0.4) is 0 Å². The number of benzene rings is 1. The summed E-state index contributed by atoms with van der Waals surface area (Å²) in [5.74, 6) is 0.220. The van der Waals surface area contributed by atoms with E-state index in [1.54, 1.807) is 0 Å². The molecule has 19 heavy (non-hydrogen) atoms. The molecular formula is C16H24N2O. The minimum absolute atomic E-state index is 0.0237. The van der Waals surface area contributed by atoms with E-state index in [0.29, 0.717) is 0 Å². The maximum absolute atomic E-state index is 12.4. The minimum atomic E-state index is -0.0886. The highest BCUT2D eigenvalue weighted by Crippen LogP contribution is 2.28. The van der Waals surface area contributed by atoms with Gasteiger partial charge in [0.25, 0.3) is 0 Å². The van der Waals surface area contributed by atoms with Gasteiger partial charge in [-0.05, 0) is 25.8 Å². The third-order valence-electron chi connectivity index (χ3n) is 3.88. The van der Waals surface area contributed by atoms with E-state index in [0.717, 1.165) is 6.42 Å². The lowest BCUT2D eigenvalue weighted by atomic mass is 10.1. The largest absolute Gasteiger partial charge is 0.319 e. The molecule has 3 nitrogen and oxygen atoms in total. The normalized spacial score (nSPS) is 24.8. The summed E-state index contributed by atoms with van der Waals surface area (Å²) in [4.78, 5) is 14.4. The van der Waals surface area contributed by atoms with Crippen LogP contribution in [-0.2, 0) is 4.79 Å². The lowest BCUT2D eigenvalue weighted by molar-refractivity contribution is -0.131. The second kappa shape index (κ2) is 6.20. The number of amides is 1. The molecule has 1 heterocycles.